The van der Waals surface area contributed by atoms with Crippen molar-refractivity contribution >= 4 is 46.3 Å². The molecule has 2 rings (SSSR count). The number of halogens is 1. The lowest BCUT2D eigenvalue weighted by Crippen LogP contribution is -2.53. The van der Waals surface area contributed by atoms with E-state index in [-0.39, 0.29) is 24.0 Å². The first kappa shape index (κ1) is 21.5. The molecule has 0 unspecified atom stereocenters. The molecule has 5 nitrogen and oxygen atoms in total. The smallest absolute Gasteiger partial charge is 0.193 e. The van der Waals surface area contributed by atoms with Gasteiger partial charge in [-0.05, 0) is 37.9 Å². The van der Waals surface area contributed by atoms with Gasteiger partial charge in [-0.2, -0.15) is 0 Å². The maximum atomic E-state index is 4.46. The van der Waals surface area contributed by atoms with Crippen LogP contribution in [0.2, 0.25) is 0 Å². The van der Waals surface area contributed by atoms with Gasteiger partial charge in [0.1, 0.15) is 0 Å². The van der Waals surface area contributed by atoms with Crippen molar-refractivity contribution in [1.82, 2.24) is 15.1 Å². The summed E-state index contributed by atoms with van der Waals surface area (Å²) in [5, 5.41) is 7.05. The monoisotopic (exact) mass is 465 g/mol. The van der Waals surface area contributed by atoms with Crippen LogP contribution in [0.15, 0.2) is 22.5 Å². The SMILES string of the molecule is CCN(CCNC(=NC)N1CCN(c2cccs2)CC1)C(C)C.I. The average Bonchev–Trinajstić information content (AvgIpc) is 3.09. The van der Waals surface area contributed by atoms with Gasteiger partial charge in [0, 0.05) is 52.4 Å². The first-order valence-corrected chi connectivity index (χ1v) is 9.51. The van der Waals surface area contributed by atoms with Crippen molar-refractivity contribution in [3.63, 3.8) is 0 Å². The average molecular weight is 465 g/mol. The topological polar surface area (TPSA) is 34.1 Å². The predicted molar refractivity (Wildman–Crippen MR) is 117 cm³/mol. The summed E-state index contributed by atoms with van der Waals surface area (Å²) in [5.74, 6) is 1.04. The van der Waals surface area contributed by atoms with Gasteiger partial charge in [-0.3, -0.25) is 9.89 Å². The molecule has 7 heteroatoms. The zero-order valence-corrected chi connectivity index (χ0v) is 18.5. The van der Waals surface area contributed by atoms with Crippen molar-refractivity contribution in [3.8, 4) is 0 Å². The Morgan fingerprint density at radius 3 is 2.54 bits per heavy atom. The minimum absolute atomic E-state index is 0. The van der Waals surface area contributed by atoms with Gasteiger partial charge in [0.15, 0.2) is 5.96 Å². The fraction of sp³-hybridized carbons (Fsp3) is 0.706. The predicted octanol–water partition coefficient (Wildman–Crippen LogP) is 2.79. The number of aliphatic imine (C=N–C) groups is 1. The summed E-state index contributed by atoms with van der Waals surface area (Å²) < 4.78 is 0. The second-order valence-electron chi connectivity index (χ2n) is 6.12. The van der Waals surface area contributed by atoms with E-state index in [1.54, 1.807) is 0 Å². The molecule has 138 valence electrons. The van der Waals surface area contributed by atoms with E-state index >= 15 is 0 Å². The maximum Gasteiger partial charge on any atom is 0.193 e. The van der Waals surface area contributed by atoms with Crippen molar-refractivity contribution < 1.29 is 0 Å². The molecule has 0 amide bonds. The molecule has 1 N–H and O–H groups in total. The van der Waals surface area contributed by atoms with Crippen molar-refractivity contribution in [2.45, 2.75) is 26.8 Å². The molecule has 1 fully saturated rings. The van der Waals surface area contributed by atoms with Gasteiger partial charge in [0.2, 0.25) is 0 Å². The van der Waals surface area contributed by atoms with Crippen molar-refractivity contribution in [1.29, 1.82) is 0 Å². The van der Waals surface area contributed by atoms with Crippen molar-refractivity contribution in [3.05, 3.63) is 17.5 Å². The first-order chi connectivity index (χ1) is 11.2. The summed E-state index contributed by atoms with van der Waals surface area (Å²) in [4.78, 5) is 11.8. The number of guanidine groups is 1. The number of piperazine rings is 1. The largest absolute Gasteiger partial charge is 0.360 e. The zero-order chi connectivity index (χ0) is 16.7. The van der Waals surface area contributed by atoms with E-state index in [0.29, 0.717) is 6.04 Å². The number of hydrogen-bond donors (Lipinski definition) is 1. The maximum absolute atomic E-state index is 4.46. The summed E-state index contributed by atoms with van der Waals surface area (Å²) in [6.45, 7) is 14.0. The lowest BCUT2D eigenvalue weighted by molar-refractivity contribution is 0.236. The highest BCUT2D eigenvalue weighted by Gasteiger charge is 2.20. The molecule has 0 saturated carbocycles. The number of thiophene rings is 1. The van der Waals surface area contributed by atoms with Crippen LogP contribution >= 0.6 is 35.3 Å². The number of nitrogens with zero attached hydrogens (tertiary/aromatic N) is 4. The summed E-state index contributed by atoms with van der Waals surface area (Å²) in [6, 6.07) is 4.93. The van der Waals surface area contributed by atoms with E-state index in [0.717, 1.165) is 51.8 Å². The van der Waals surface area contributed by atoms with Crippen LogP contribution in [0.4, 0.5) is 5.00 Å². The molecule has 0 aromatic carbocycles. The quantitative estimate of drug-likeness (QED) is 0.398. The number of hydrogen-bond acceptors (Lipinski definition) is 4. The highest BCUT2D eigenvalue weighted by Crippen LogP contribution is 2.22. The molecule has 0 aliphatic carbocycles. The molecule has 0 radical (unpaired) electrons. The summed E-state index contributed by atoms with van der Waals surface area (Å²) in [5.41, 5.74) is 0. The van der Waals surface area contributed by atoms with Crippen LogP contribution in [0, 0.1) is 0 Å². The highest BCUT2D eigenvalue weighted by molar-refractivity contribution is 14.0. The van der Waals surface area contributed by atoms with E-state index in [1.807, 2.05) is 18.4 Å². The highest BCUT2D eigenvalue weighted by atomic mass is 127. The molecular weight excluding hydrogens is 433 g/mol. The summed E-state index contributed by atoms with van der Waals surface area (Å²) >= 11 is 1.82. The Hall–Kier alpha value is -0.540. The lowest BCUT2D eigenvalue weighted by Gasteiger charge is -2.37. The first-order valence-electron chi connectivity index (χ1n) is 8.63. The standard InChI is InChI=1S/C17H31N5S.HI/c1-5-20(15(2)3)9-8-19-17(18-4)22-12-10-21(11-13-22)16-7-6-14-23-16;/h6-7,14-15H,5,8-13H2,1-4H3,(H,18,19);1H. The molecule has 1 aliphatic heterocycles. The minimum Gasteiger partial charge on any atom is -0.360 e. The van der Waals surface area contributed by atoms with Crippen LogP contribution in [-0.4, -0.2) is 74.7 Å². The Morgan fingerprint density at radius 2 is 2.04 bits per heavy atom. The minimum atomic E-state index is 0. The Labute approximate surface area is 168 Å². The molecule has 0 spiro atoms. The zero-order valence-electron chi connectivity index (χ0n) is 15.4. The Morgan fingerprint density at radius 1 is 1.33 bits per heavy atom. The fourth-order valence-corrected chi connectivity index (χ4v) is 3.80. The molecule has 1 aromatic rings. The number of likely N-dealkylation sites (N-methyl/N-ethyl adjacent to an activating group) is 1. The molecule has 24 heavy (non-hydrogen) atoms. The van der Waals surface area contributed by atoms with Gasteiger partial charge >= 0.3 is 0 Å². The van der Waals surface area contributed by atoms with E-state index in [9.17, 15) is 0 Å². The lowest BCUT2D eigenvalue weighted by atomic mass is 10.3. The third-order valence-corrected chi connectivity index (χ3v) is 5.36. The van der Waals surface area contributed by atoms with Crippen molar-refractivity contribution in [2.75, 3.05) is 57.8 Å². The van der Waals surface area contributed by atoms with Crippen LogP contribution in [0.5, 0.6) is 0 Å². The van der Waals surface area contributed by atoms with Crippen LogP contribution in [0.3, 0.4) is 0 Å². The van der Waals surface area contributed by atoms with Crippen LogP contribution in [0.25, 0.3) is 0 Å². The summed E-state index contributed by atoms with van der Waals surface area (Å²) in [6.07, 6.45) is 0. The van der Waals surface area contributed by atoms with Gasteiger partial charge in [0.25, 0.3) is 0 Å². The van der Waals surface area contributed by atoms with Gasteiger partial charge < -0.3 is 15.1 Å². The summed E-state index contributed by atoms with van der Waals surface area (Å²) in [7, 11) is 1.88. The second kappa shape index (κ2) is 11.1. The fourth-order valence-electron chi connectivity index (χ4n) is 3.01. The van der Waals surface area contributed by atoms with Gasteiger partial charge in [-0.1, -0.05) is 6.92 Å². The molecule has 2 heterocycles. The van der Waals surface area contributed by atoms with Crippen LogP contribution in [0.1, 0.15) is 20.8 Å². The van der Waals surface area contributed by atoms with E-state index in [4.69, 9.17) is 0 Å². The van der Waals surface area contributed by atoms with E-state index in [1.165, 1.54) is 5.00 Å². The normalized spacial score (nSPS) is 15.8. The number of anilines is 1. The molecule has 1 saturated heterocycles. The van der Waals surface area contributed by atoms with Gasteiger partial charge in [-0.25, -0.2) is 0 Å². The van der Waals surface area contributed by atoms with Crippen LogP contribution in [-0.2, 0) is 0 Å². The van der Waals surface area contributed by atoms with Crippen molar-refractivity contribution in [2.24, 2.45) is 4.99 Å². The molecule has 0 bridgehead atoms. The number of rotatable bonds is 6. The third kappa shape index (κ3) is 6.07. The molecule has 1 aliphatic rings. The molecule has 0 atom stereocenters. The third-order valence-electron chi connectivity index (χ3n) is 4.43. The number of nitrogens with one attached hydrogen (secondary N) is 1. The van der Waals surface area contributed by atoms with E-state index in [2.05, 4.69) is 63.3 Å². The van der Waals surface area contributed by atoms with E-state index < -0.39 is 0 Å². The van der Waals surface area contributed by atoms with Gasteiger partial charge in [0.05, 0.1) is 5.00 Å². The van der Waals surface area contributed by atoms with Gasteiger partial charge in [-0.15, -0.1) is 35.3 Å². The second-order valence-corrected chi connectivity index (χ2v) is 7.05. The molecular formula is C17H32IN5S. The Balaban J connectivity index is 0.00000288. The molecule has 1 aromatic heterocycles. The Kier molecular flexibility index (Phi) is 9.99. The Bertz CT molecular complexity index is 469. The van der Waals surface area contributed by atoms with Crippen LogP contribution < -0.4 is 10.2 Å².